The normalized spacial score (nSPS) is 21.4. The Morgan fingerprint density at radius 2 is 1.87 bits per heavy atom. The van der Waals surface area contributed by atoms with Crippen molar-refractivity contribution in [1.29, 1.82) is 10.8 Å². The predicted octanol–water partition coefficient (Wildman–Crippen LogP) is 4.40. The molecule has 11 heteroatoms. The van der Waals surface area contributed by atoms with E-state index in [9.17, 15) is 9.59 Å². The Balaban J connectivity index is 1.03. The highest BCUT2D eigenvalue weighted by Gasteiger charge is 2.51. The molecule has 2 fully saturated rings. The first-order valence-electron chi connectivity index (χ1n) is 16.2. The third-order valence-corrected chi connectivity index (χ3v) is 9.83. The van der Waals surface area contributed by atoms with E-state index >= 15 is 0 Å². The minimum Gasteiger partial charge on any atom is -0.398 e. The standard InChI is InChI=1S/C36H43N7O4/c1-24(42-15-9-26(10-16-42)25-3-5-28(6-4-25)33(39)47-35(45)40-2)22-41-17-13-36(23-41)14-18-43(34(36)44)29-7-8-31(37)30(21-29)32(38)27-11-19-46-20-12-27/h3-9,11,21,38-39H,1,10,12-20,22-23,37H2,2H3,(H,40,45)/t36-/m0/s1. The van der Waals surface area contributed by atoms with Crippen LogP contribution >= 0.6 is 0 Å². The summed E-state index contributed by atoms with van der Waals surface area (Å²) in [5.41, 5.74) is 13.2. The van der Waals surface area contributed by atoms with Crippen LogP contribution < -0.4 is 16.0 Å². The van der Waals surface area contributed by atoms with Gasteiger partial charge in [-0.1, -0.05) is 30.9 Å². The molecular weight excluding hydrogens is 594 g/mol. The Hall–Kier alpha value is -4.74. The van der Waals surface area contributed by atoms with Crippen LogP contribution in [0.25, 0.3) is 5.57 Å². The molecule has 1 atom stereocenters. The molecule has 4 heterocycles. The summed E-state index contributed by atoms with van der Waals surface area (Å²) in [7, 11) is 1.46. The second-order valence-corrected chi connectivity index (χ2v) is 12.7. The Morgan fingerprint density at radius 1 is 1.09 bits per heavy atom. The number of anilines is 2. The first-order valence-corrected chi connectivity index (χ1v) is 16.2. The summed E-state index contributed by atoms with van der Waals surface area (Å²) in [4.78, 5) is 31.9. The van der Waals surface area contributed by atoms with Crippen LogP contribution in [0.15, 0.2) is 72.5 Å². The second kappa shape index (κ2) is 13.5. The van der Waals surface area contributed by atoms with Gasteiger partial charge in [0.15, 0.2) is 0 Å². The van der Waals surface area contributed by atoms with Gasteiger partial charge in [-0.25, -0.2) is 4.79 Å². The maximum Gasteiger partial charge on any atom is 0.413 e. The number of nitrogen functional groups attached to an aromatic ring is 1. The van der Waals surface area contributed by atoms with Crippen molar-refractivity contribution in [3.05, 3.63) is 89.2 Å². The minimum absolute atomic E-state index is 0.157. The van der Waals surface area contributed by atoms with Gasteiger partial charge in [-0.15, -0.1) is 0 Å². The number of nitrogens with zero attached hydrogens (tertiary/aromatic N) is 3. The predicted molar refractivity (Wildman–Crippen MR) is 184 cm³/mol. The van der Waals surface area contributed by atoms with Gasteiger partial charge >= 0.3 is 6.09 Å². The zero-order chi connectivity index (χ0) is 33.1. The number of rotatable bonds is 8. The topological polar surface area (TPSA) is 148 Å². The molecule has 4 aliphatic rings. The first-order chi connectivity index (χ1) is 22.7. The van der Waals surface area contributed by atoms with Crippen LogP contribution in [-0.4, -0.2) is 92.9 Å². The van der Waals surface area contributed by atoms with E-state index in [0.29, 0.717) is 55.3 Å². The number of alkyl carbamates (subject to hydrolysis) is 1. The zero-order valence-electron chi connectivity index (χ0n) is 26.9. The van der Waals surface area contributed by atoms with Crippen molar-refractivity contribution in [2.75, 3.05) is 70.2 Å². The molecule has 6 rings (SSSR count). The van der Waals surface area contributed by atoms with Crippen molar-refractivity contribution in [2.24, 2.45) is 5.41 Å². The number of amides is 2. The van der Waals surface area contributed by atoms with Gasteiger partial charge in [0.2, 0.25) is 11.8 Å². The SMILES string of the molecule is C=C(CN1CC[C@]2(CCN(c3ccc(N)c(C(=N)C4=CCOCC4)c3)C2=O)C1)N1CC=C(c2ccc(C(=N)OC(=O)NC)cc2)CC1. The minimum atomic E-state index is -0.662. The highest BCUT2D eigenvalue weighted by molar-refractivity contribution is 6.14. The maximum atomic E-state index is 13.9. The lowest BCUT2D eigenvalue weighted by Gasteiger charge is -2.32. The highest BCUT2D eigenvalue weighted by atomic mass is 16.6. The monoisotopic (exact) mass is 637 g/mol. The van der Waals surface area contributed by atoms with E-state index in [1.165, 1.54) is 12.6 Å². The average Bonchev–Trinajstić information content (AvgIpc) is 3.66. The number of hydrogen-bond donors (Lipinski definition) is 4. The van der Waals surface area contributed by atoms with E-state index in [4.69, 9.17) is 26.0 Å². The van der Waals surface area contributed by atoms with E-state index in [0.717, 1.165) is 68.0 Å². The van der Waals surface area contributed by atoms with E-state index < -0.39 is 11.5 Å². The molecule has 4 aliphatic heterocycles. The number of carbonyl (C=O) groups excluding carboxylic acids is 2. The molecule has 0 saturated carbocycles. The molecule has 0 unspecified atom stereocenters. The Kier molecular flexibility index (Phi) is 9.28. The van der Waals surface area contributed by atoms with Crippen LogP contribution in [0.5, 0.6) is 0 Å². The molecular formula is C36H43N7O4. The summed E-state index contributed by atoms with van der Waals surface area (Å²) >= 11 is 0. The first kappa shape index (κ1) is 32.2. The number of nitrogens with two attached hydrogens (primary N) is 1. The number of ether oxygens (including phenoxy) is 2. The van der Waals surface area contributed by atoms with E-state index in [2.05, 4.69) is 27.8 Å². The Morgan fingerprint density at radius 3 is 2.57 bits per heavy atom. The zero-order valence-corrected chi connectivity index (χ0v) is 26.9. The van der Waals surface area contributed by atoms with Crippen LogP contribution in [0.3, 0.4) is 0 Å². The van der Waals surface area contributed by atoms with Gasteiger partial charge in [0.05, 0.1) is 24.3 Å². The smallest absolute Gasteiger partial charge is 0.398 e. The number of hydrogen-bond acceptors (Lipinski definition) is 9. The van der Waals surface area contributed by atoms with Crippen molar-refractivity contribution >= 4 is 40.6 Å². The van der Waals surface area contributed by atoms with Gasteiger partial charge in [-0.05, 0) is 79.3 Å². The van der Waals surface area contributed by atoms with Crippen molar-refractivity contribution in [2.45, 2.75) is 25.7 Å². The van der Waals surface area contributed by atoms with Gasteiger partial charge in [0, 0.05) is 68.0 Å². The van der Waals surface area contributed by atoms with Crippen molar-refractivity contribution < 1.29 is 19.1 Å². The van der Waals surface area contributed by atoms with Crippen molar-refractivity contribution in [3.8, 4) is 0 Å². The molecule has 0 bridgehead atoms. The number of carbonyl (C=O) groups is 2. The third kappa shape index (κ3) is 6.72. The number of likely N-dealkylation sites (tertiary alicyclic amines) is 1. The van der Waals surface area contributed by atoms with Gasteiger partial charge in [0.25, 0.3) is 0 Å². The molecule has 246 valence electrons. The molecule has 1 spiro atoms. The van der Waals surface area contributed by atoms with E-state index in [1.807, 2.05) is 41.3 Å². The molecule has 11 nitrogen and oxygen atoms in total. The summed E-state index contributed by atoms with van der Waals surface area (Å²) in [6.45, 7) is 10.1. The average molecular weight is 638 g/mol. The number of nitrogens with one attached hydrogen (secondary N) is 3. The largest absolute Gasteiger partial charge is 0.413 e. The highest BCUT2D eigenvalue weighted by Crippen LogP contribution is 2.43. The second-order valence-electron chi connectivity index (χ2n) is 12.7. The lowest BCUT2D eigenvalue weighted by atomic mass is 9.85. The molecule has 2 aromatic carbocycles. The summed E-state index contributed by atoms with van der Waals surface area (Å²) in [5, 5.41) is 19.1. The summed E-state index contributed by atoms with van der Waals surface area (Å²) in [5.74, 6) is -0.0308. The van der Waals surface area contributed by atoms with Crippen LogP contribution in [0, 0.1) is 16.2 Å². The summed E-state index contributed by atoms with van der Waals surface area (Å²) in [6.07, 6.45) is 6.68. The lowest BCUT2D eigenvalue weighted by molar-refractivity contribution is -0.125. The van der Waals surface area contributed by atoms with Crippen LogP contribution in [0.1, 0.15) is 42.4 Å². The molecule has 47 heavy (non-hydrogen) atoms. The fraction of sp³-hybridized carbons (Fsp3) is 0.389. The molecule has 5 N–H and O–H groups in total. The maximum absolute atomic E-state index is 13.9. The van der Waals surface area contributed by atoms with E-state index in [-0.39, 0.29) is 11.8 Å². The van der Waals surface area contributed by atoms with Gasteiger partial charge in [0.1, 0.15) is 0 Å². The summed E-state index contributed by atoms with van der Waals surface area (Å²) in [6, 6.07) is 13.1. The van der Waals surface area contributed by atoms with Gasteiger partial charge < -0.3 is 30.3 Å². The molecule has 0 radical (unpaired) electrons. The molecule has 2 amide bonds. The molecule has 2 aromatic rings. The Labute approximate surface area is 275 Å². The number of benzene rings is 2. The molecule has 2 saturated heterocycles. The summed E-state index contributed by atoms with van der Waals surface area (Å²) < 4.78 is 10.3. The fourth-order valence-corrected chi connectivity index (χ4v) is 7.01. The molecule has 0 aromatic heterocycles. The fourth-order valence-electron chi connectivity index (χ4n) is 7.01. The third-order valence-electron chi connectivity index (χ3n) is 9.83. The van der Waals surface area contributed by atoms with Crippen LogP contribution in [-0.2, 0) is 14.3 Å². The lowest BCUT2D eigenvalue weighted by Crippen LogP contribution is -2.38. The van der Waals surface area contributed by atoms with Crippen molar-refractivity contribution in [1.82, 2.24) is 15.1 Å². The van der Waals surface area contributed by atoms with Gasteiger partial charge in [-0.2, -0.15) is 0 Å². The van der Waals surface area contributed by atoms with Crippen LogP contribution in [0.4, 0.5) is 16.2 Å². The van der Waals surface area contributed by atoms with Crippen molar-refractivity contribution in [3.63, 3.8) is 0 Å². The Bertz CT molecular complexity index is 1660. The van der Waals surface area contributed by atoms with E-state index in [1.54, 1.807) is 12.1 Å². The van der Waals surface area contributed by atoms with Gasteiger partial charge in [-0.3, -0.25) is 20.5 Å². The quantitative estimate of drug-likeness (QED) is 0.191. The molecule has 0 aliphatic carbocycles. The van der Waals surface area contributed by atoms with Crippen LogP contribution in [0.2, 0.25) is 0 Å².